The average molecular weight is 244 g/mol. The molecule has 1 heterocycles. The molecule has 1 aromatic heterocycles. The molecule has 0 fully saturated rings. The third-order valence-electron chi connectivity index (χ3n) is 3.03. The lowest BCUT2D eigenvalue weighted by molar-refractivity contribution is 0.403. The van der Waals surface area contributed by atoms with E-state index in [4.69, 9.17) is 10.5 Å². The molecule has 0 unspecified atom stereocenters. The van der Waals surface area contributed by atoms with E-state index in [9.17, 15) is 0 Å². The van der Waals surface area contributed by atoms with Crippen LogP contribution in [0.4, 0.5) is 0 Å². The fourth-order valence-electron chi connectivity index (χ4n) is 2.30. The molecule has 0 atom stereocenters. The minimum absolute atomic E-state index is 0.274. The van der Waals surface area contributed by atoms with Crippen LogP contribution in [-0.2, 0) is 6.42 Å². The maximum absolute atomic E-state index is 6.16. The van der Waals surface area contributed by atoms with E-state index >= 15 is 0 Å². The lowest BCUT2D eigenvalue weighted by atomic mass is 9.91. The van der Waals surface area contributed by atoms with E-state index < -0.39 is 0 Å². The lowest BCUT2D eigenvalue weighted by Gasteiger charge is -2.22. The molecule has 3 nitrogen and oxygen atoms in total. The fraction of sp³-hybridized carbons (Fsp3) is 0.400. The van der Waals surface area contributed by atoms with E-state index in [-0.39, 0.29) is 5.54 Å². The Bertz CT molecular complexity index is 570. The summed E-state index contributed by atoms with van der Waals surface area (Å²) in [6.07, 6.45) is 2.60. The molecule has 0 aliphatic heterocycles. The zero-order valence-corrected chi connectivity index (χ0v) is 11.4. The van der Waals surface area contributed by atoms with Gasteiger partial charge in [0.25, 0.3) is 0 Å². The van der Waals surface area contributed by atoms with Crippen molar-refractivity contribution in [3.63, 3.8) is 0 Å². The first-order valence-electron chi connectivity index (χ1n) is 6.12. The van der Waals surface area contributed by atoms with E-state index in [0.29, 0.717) is 0 Å². The summed E-state index contributed by atoms with van der Waals surface area (Å²) in [6.45, 7) is 6.14. The number of hydrogen-bond acceptors (Lipinski definition) is 3. The Labute approximate surface area is 108 Å². The van der Waals surface area contributed by atoms with Crippen molar-refractivity contribution in [1.82, 2.24) is 4.98 Å². The fourth-order valence-corrected chi connectivity index (χ4v) is 2.30. The van der Waals surface area contributed by atoms with E-state index in [1.165, 1.54) is 5.56 Å². The smallest absolute Gasteiger partial charge is 0.122 e. The van der Waals surface area contributed by atoms with Gasteiger partial charge in [0, 0.05) is 22.7 Å². The highest BCUT2D eigenvalue weighted by Gasteiger charge is 2.18. The highest BCUT2D eigenvalue weighted by atomic mass is 16.5. The van der Waals surface area contributed by atoms with Crippen LogP contribution in [0.3, 0.4) is 0 Å². The third-order valence-corrected chi connectivity index (χ3v) is 3.03. The molecule has 2 rings (SSSR count). The van der Waals surface area contributed by atoms with Crippen LogP contribution in [0, 0.1) is 6.92 Å². The van der Waals surface area contributed by atoms with Crippen molar-refractivity contribution in [2.24, 2.45) is 5.73 Å². The monoisotopic (exact) mass is 244 g/mol. The molecule has 0 saturated heterocycles. The largest absolute Gasteiger partial charge is 0.496 e. The number of nitrogens with zero attached hydrogens (tertiary/aromatic N) is 1. The number of aromatic nitrogens is 1. The minimum atomic E-state index is -0.274. The van der Waals surface area contributed by atoms with Crippen molar-refractivity contribution in [2.45, 2.75) is 32.7 Å². The van der Waals surface area contributed by atoms with Gasteiger partial charge < -0.3 is 10.5 Å². The first-order chi connectivity index (χ1) is 8.42. The second kappa shape index (κ2) is 4.58. The van der Waals surface area contributed by atoms with Gasteiger partial charge in [-0.1, -0.05) is 0 Å². The average Bonchev–Trinajstić information content (AvgIpc) is 2.27. The third kappa shape index (κ3) is 2.46. The molecular weight excluding hydrogens is 224 g/mol. The molecule has 18 heavy (non-hydrogen) atoms. The van der Waals surface area contributed by atoms with Gasteiger partial charge in [0.2, 0.25) is 0 Å². The predicted molar refractivity (Wildman–Crippen MR) is 75.0 cm³/mol. The summed E-state index contributed by atoms with van der Waals surface area (Å²) >= 11 is 0. The zero-order valence-electron chi connectivity index (χ0n) is 11.4. The van der Waals surface area contributed by atoms with E-state index in [2.05, 4.69) is 11.9 Å². The van der Waals surface area contributed by atoms with Crippen molar-refractivity contribution in [1.29, 1.82) is 0 Å². The van der Waals surface area contributed by atoms with Gasteiger partial charge in [0.15, 0.2) is 0 Å². The Kier molecular flexibility index (Phi) is 3.26. The van der Waals surface area contributed by atoms with Gasteiger partial charge in [-0.25, -0.2) is 0 Å². The molecule has 0 bridgehead atoms. The molecule has 0 aliphatic carbocycles. The molecule has 96 valence electrons. The summed E-state index contributed by atoms with van der Waals surface area (Å²) in [5, 5.41) is 1.16. The maximum atomic E-state index is 6.16. The minimum Gasteiger partial charge on any atom is -0.496 e. The van der Waals surface area contributed by atoms with E-state index in [1.807, 2.05) is 38.2 Å². The molecule has 2 aromatic rings. The lowest BCUT2D eigenvalue weighted by Crippen LogP contribution is -2.34. The predicted octanol–water partition coefficient (Wildman–Crippen LogP) is 2.83. The van der Waals surface area contributed by atoms with E-state index in [1.54, 1.807) is 7.11 Å². The Balaban J connectivity index is 2.72. The van der Waals surface area contributed by atoms with Crippen molar-refractivity contribution in [2.75, 3.05) is 7.11 Å². The number of rotatable bonds is 3. The van der Waals surface area contributed by atoms with Gasteiger partial charge in [-0.2, -0.15) is 0 Å². The number of nitrogens with two attached hydrogens (primary N) is 1. The molecule has 0 spiro atoms. The summed E-state index contributed by atoms with van der Waals surface area (Å²) in [4.78, 5) is 4.41. The molecule has 3 heteroatoms. The van der Waals surface area contributed by atoms with Crippen molar-refractivity contribution in [3.05, 3.63) is 35.5 Å². The zero-order chi connectivity index (χ0) is 13.3. The molecule has 0 aliphatic rings. The molecule has 0 amide bonds. The number of aryl methyl sites for hydroxylation is 1. The quantitative estimate of drug-likeness (QED) is 0.903. The van der Waals surface area contributed by atoms with Gasteiger partial charge in [-0.3, -0.25) is 4.98 Å². The molecule has 0 radical (unpaired) electrons. The highest BCUT2D eigenvalue weighted by molar-refractivity contribution is 5.87. The van der Waals surface area contributed by atoms with Gasteiger partial charge in [0.05, 0.1) is 12.6 Å². The maximum Gasteiger partial charge on any atom is 0.122 e. The topological polar surface area (TPSA) is 48.1 Å². The molecule has 0 saturated carbocycles. The number of hydrogen-bond donors (Lipinski definition) is 1. The highest BCUT2D eigenvalue weighted by Crippen LogP contribution is 2.31. The molecule has 1 aromatic carbocycles. The second-order valence-corrected chi connectivity index (χ2v) is 5.43. The summed E-state index contributed by atoms with van der Waals surface area (Å²) in [7, 11) is 1.69. The summed E-state index contributed by atoms with van der Waals surface area (Å²) in [6, 6.07) is 5.98. The number of pyridine rings is 1. The summed E-state index contributed by atoms with van der Waals surface area (Å²) in [5.74, 6) is 0.886. The Morgan fingerprint density at radius 2 is 2.00 bits per heavy atom. The Morgan fingerprint density at radius 3 is 2.61 bits per heavy atom. The number of ether oxygens (including phenoxy) is 1. The van der Waals surface area contributed by atoms with Crippen LogP contribution in [0.15, 0.2) is 24.4 Å². The molecular formula is C15H20N2O. The Morgan fingerprint density at radius 1 is 1.28 bits per heavy atom. The van der Waals surface area contributed by atoms with E-state index in [0.717, 1.165) is 28.6 Å². The van der Waals surface area contributed by atoms with Crippen molar-refractivity contribution >= 4 is 10.9 Å². The van der Waals surface area contributed by atoms with Gasteiger partial charge in [-0.15, -0.1) is 0 Å². The number of fused-ring (bicyclic) bond motifs is 1. The first kappa shape index (κ1) is 12.8. The normalized spacial score (nSPS) is 11.8. The van der Waals surface area contributed by atoms with Crippen LogP contribution in [0.5, 0.6) is 5.75 Å². The number of benzene rings is 1. The van der Waals surface area contributed by atoms with Gasteiger partial charge >= 0.3 is 0 Å². The van der Waals surface area contributed by atoms with Crippen LogP contribution < -0.4 is 10.5 Å². The summed E-state index contributed by atoms with van der Waals surface area (Å²) in [5.41, 5.74) is 9.23. The van der Waals surface area contributed by atoms with Crippen molar-refractivity contribution < 1.29 is 4.74 Å². The second-order valence-electron chi connectivity index (χ2n) is 5.43. The number of methoxy groups -OCH3 is 1. The standard InChI is InChI=1S/C15H20N2O/c1-10-7-8-17-12-5-6-13(18-4)11(14(10)12)9-15(2,3)16/h5-8H,9,16H2,1-4H3. The summed E-state index contributed by atoms with van der Waals surface area (Å²) < 4.78 is 5.47. The van der Waals surface area contributed by atoms with Crippen LogP contribution in [0.2, 0.25) is 0 Å². The van der Waals surface area contributed by atoms with Crippen LogP contribution in [-0.4, -0.2) is 17.6 Å². The van der Waals surface area contributed by atoms with Gasteiger partial charge in [0.1, 0.15) is 5.75 Å². The first-order valence-corrected chi connectivity index (χ1v) is 6.12. The van der Waals surface area contributed by atoms with Crippen LogP contribution in [0.25, 0.3) is 10.9 Å². The Hall–Kier alpha value is -1.61. The SMILES string of the molecule is COc1ccc2nccc(C)c2c1CC(C)(C)N. The van der Waals surface area contributed by atoms with Crippen LogP contribution >= 0.6 is 0 Å². The van der Waals surface area contributed by atoms with Crippen molar-refractivity contribution in [3.8, 4) is 5.75 Å². The van der Waals surface area contributed by atoms with Gasteiger partial charge in [-0.05, 0) is 51.0 Å². The molecule has 2 N–H and O–H groups in total. The van der Waals surface area contributed by atoms with Crippen LogP contribution in [0.1, 0.15) is 25.0 Å².